The van der Waals surface area contributed by atoms with Gasteiger partial charge in [0.25, 0.3) is 0 Å². The van der Waals surface area contributed by atoms with Crippen molar-refractivity contribution in [2.24, 2.45) is 0 Å². The number of amides is 1. The molecule has 0 radical (unpaired) electrons. The Kier molecular flexibility index (Phi) is 5.79. The SMILES string of the molecule is CCCc1nc(CNC2CCN(C(=O)OCC)C2)cs1. The number of aromatic nitrogens is 1. The number of carbonyl (C=O) groups excluding carboxylic acids is 1. The maximum Gasteiger partial charge on any atom is 0.409 e. The Morgan fingerprint density at radius 2 is 2.45 bits per heavy atom. The minimum absolute atomic E-state index is 0.198. The number of hydrogen-bond donors (Lipinski definition) is 1. The van der Waals surface area contributed by atoms with Crippen molar-refractivity contribution in [3.63, 3.8) is 0 Å². The predicted octanol–water partition coefficient (Wildman–Crippen LogP) is 2.42. The highest BCUT2D eigenvalue weighted by molar-refractivity contribution is 7.09. The Morgan fingerprint density at radius 1 is 1.60 bits per heavy atom. The molecule has 1 saturated heterocycles. The molecule has 20 heavy (non-hydrogen) atoms. The maximum atomic E-state index is 11.6. The fraction of sp³-hybridized carbons (Fsp3) is 0.714. The summed E-state index contributed by atoms with van der Waals surface area (Å²) in [4.78, 5) is 18.0. The summed E-state index contributed by atoms with van der Waals surface area (Å²) in [6, 6.07) is 0.343. The van der Waals surface area contributed by atoms with Crippen LogP contribution < -0.4 is 5.32 Å². The largest absolute Gasteiger partial charge is 0.450 e. The Labute approximate surface area is 124 Å². The molecule has 0 aliphatic carbocycles. The fourth-order valence-corrected chi connectivity index (χ4v) is 3.22. The summed E-state index contributed by atoms with van der Waals surface area (Å²) in [5.41, 5.74) is 1.10. The van der Waals surface area contributed by atoms with E-state index in [1.807, 2.05) is 6.92 Å². The summed E-state index contributed by atoms with van der Waals surface area (Å²) in [5, 5.41) is 6.81. The number of nitrogens with zero attached hydrogens (tertiary/aromatic N) is 2. The van der Waals surface area contributed by atoms with Crippen molar-refractivity contribution < 1.29 is 9.53 Å². The summed E-state index contributed by atoms with van der Waals surface area (Å²) < 4.78 is 5.02. The molecular weight excluding hydrogens is 274 g/mol. The number of thiazole rings is 1. The summed E-state index contributed by atoms with van der Waals surface area (Å²) in [6.45, 7) is 6.72. The monoisotopic (exact) mass is 297 g/mol. The average Bonchev–Trinajstić information content (AvgIpc) is 3.06. The lowest BCUT2D eigenvalue weighted by Gasteiger charge is -2.16. The van der Waals surface area contributed by atoms with Gasteiger partial charge in [0, 0.05) is 31.1 Å². The van der Waals surface area contributed by atoms with Crippen LogP contribution in [0.1, 0.15) is 37.4 Å². The predicted molar refractivity (Wildman–Crippen MR) is 79.9 cm³/mol. The lowest BCUT2D eigenvalue weighted by Crippen LogP contribution is -2.35. The highest BCUT2D eigenvalue weighted by atomic mass is 32.1. The van der Waals surface area contributed by atoms with Crippen LogP contribution in [0.3, 0.4) is 0 Å². The van der Waals surface area contributed by atoms with Gasteiger partial charge >= 0.3 is 6.09 Å². The molecule has 1 atom stereocenters. The third-order valence-electron chi connectivity index (χ3n) is 3.35. The molecule has 0 aromatic carbocycles. The van der Waals surface area contributed by atoms with Crippen LogP contribution in [0.4, 0.5) is 4.79 Å². The second-order valence-electron chi connectivity index (χ2n) is 4.99. The van der Waals surface area contributed by atoms with Gasteiger partial charge in [0.05, 0.1) is 17.3 Å². The van der Waals surface area contributed by atoms with E-state index in [4.69, 9.17) is 4.74 Å². The lowest BCUT2D eigenvalue weighted by molar-refractivity contribution is 0.115. The van der Waals surface area contributed by atoms with Crippen molar-refractivity contribution in [2.45, 2.75) is 45.7 Å². The molecule has 1 fully saturated rings. The molecule has 1 amide bonds. The average molecular weight is 297 g/mol. The van der Waals surface area contributed by atoms with Gasteiger partial charge in [0.1, 0.15) is 0 Å². The van der Waals surface area contributed by atoms with Crippen molar-refractivity contribution in [1.82, 2.24) is 15.2 Å². The Bertz CT molecular complexity index is 436. The van der Waals surface area contributed by atoms with Crippen molar-refractivity contribution >= 4 is 17.4 Å². The molecule has 1 aliphatic heterocycles. The van der Waals surface area contributed by atoms with E-state index in [0.717, 1.165) is 44.6 Å². The van der Waals surface area contributed by atoms with Crippen LogP contribution in [0.2, 0.25) is 0 Å². The van der Waals surface area contributed by atoms with E-state index >= 15 is 0 Å². The topological polar surface area (TPSA) is 54.5 Å². The van der Waals surface area contributed by atoms with Crippen LogP contribution in [0.25, 0.3) is 0 Å². The number of rotatable bonds is 6. The zero-order chi connectivity index (χ0) is 14.4. The van der Waals surface area contributed by atoms with Gasteiger partial charge in [-0.3, -0.25) is 0 Å². The van der Waals surface area contributed by atoms with Gasteiger partial charge < -0.3 is 15.0 Å². The number of hydrogen-bond acceptors (Lipinski definition) is 5. The van der Waals surface area contributed by atoms with E-state index in [0.29, 0.717) is 12.6 Å². The first-order chi connectivity index (χ1) is 9.72. The minimum atomic E-state index is -0.198. The molecule has 0 bridgehead atoms. The number of carbonyl (C=O) groups is 1. The molecule has 2 rings (SSSR count). The molecule has 0 spiro atoms. The van der Waals surface area contributed by atoms with E-state index in [1.165, 1.54) is 5.01 Å². The van der Waals surface area contributed by atoms with Crippen molar-refractivity contribution in [1.29, 1.82) is 0 Å². The molecule has 112 valence electrons. The van der Waals surface area contributed by atoms with Crippen LogP contribution >= 0.6 is 11.3 Å². The summed E-state index contributed by atoms with van der Waals surface area (Å²) in [7, 11) is 0. The molecule has 0 saturated carbocycles. The van der Waals surface area contributed by atoms with Crippen molar-refractivity contribution in [2.75, 3.05) is 19.7 Å². The van der Waals surface area contributed by atoms with Crippen molar-refractivity contribution in [3.8, 4) is 0 Å². The van der Waals surface area contributed by atoms with Gasteiger partial charge in [0.15, 0.2) is 0 Å². The third-order valence-corrected chi connectivity index (χ3v) is 4.31. The first kappa shape index (κ1) is 15.3. The maximum absolute atomic E-state index is 11.6. The van der Waals surface area contributed by atoms with Crippen LogP contribution in [0.15, 0.2) is 5.38 Å². The summed E-state index contributed by atoms with van der Waals surface area (Å²) >= 11 is 1.73. The standard InChI is InChI=1S/C14H23N3O2S/c1-3-5-13-16-12(10-20-13)8-15-11-6-7-17(9-11)14(18)19-4-2/h10-11,15H,3-9H2,1-2H3. The Hall–Kier alpha value is -1.14. The van der Waals surface area contributed by atoms with E-state index in [9.17, 15) is 4.79 Å². The van der Waals surface area contributed by atoms with Gasteiger partial charge in [-0.2, -0.15) is 0 Å². The van der Waals surface area contributed by atoms with Gasteiger partial charge in [-0.15, -0.1) is 11.3 Å². The normalized spacial score (nSPS) is 18.5. The molecule has 1 aromatic heterocycles. The van der Waals surface area contributed by atoms with Gasteiger partial charge in [-0.1, -0.05) is 6.92 Å². The van der Waals surface area contributed by atoms with Crippen LogP contribution in [0.5, 0.6) is 0 Å². The van der Waals surface area contributed by atoms with E-state index in [-0.39, 0.29) is 6.09 Å². The quantitative estimate of drug-likeness (QED) is 0.876. The third kappa shape index (κ3) is 4.18. The molecule has 1 unspecified atom stereocenters. The minimum Gasteiger partial charge on any atom is -0.450 e. The molecular formula is C14H23N3O2S. The summed E-state index contributed by atoms with van der Waals surface area (Å²) in [5.74, 6) is 0. The number of likely N-dealkylation sites (tertiary alicyclic amines) is 1. The van der Waals surface area contributed by atoms with E-state index < -0.39 is 0 Å². The van der Waals surface area contributed by atoms with Crippen molar-refractivity contribution in [3.05, 3.63) is 16.1 Å². The first-order valence-corrected chi connectivity index (χ1v) is 8.19. The zero-order valence-corrected chi connectivity index (χ0v) is 13.0. The van der Waals surface area contributed by atoms with Gasteiger partial charge in [-0.05, 0) is 26.2 Å². The molecule has 1 N–H and O–H groups in total. The fourth-order valence-electron chi connectivity index (χ4n) is 2.32. The lowest BCUT2D eigenvalue weighted by atomic mass is 10.2. The second-order valence-corrected chi connectivity index (χ2v) is 5.94. The Balaban J connectivity index is 1.73. The molecule has 2 heterocycles. The molecule has 5 nitrogen and oxygen atoms in total. The van der Waals surface area contributed by atoms with Gasteiger partial charge in [0.2, 0.25) is 0 Å². The molecule has 1 aliphatic rings. The summed E-state index contributed by atoms with van der Waals surface area (Å²) in [6.07, 6.45) is 2.98. The molecule has 6 heteroatoms. The smallest absolute Gasteiger partial charge is 0.409 e. The van der Waals surface area contributed by atoms with E-state index in [1.54, 1.807) is 16.2 Å². The Morgan fingerprint density at radius 3 is 3.20 bits per heavy atom. The second kappa shape index (κ2) is 7.59. The highest BCUT2D eigenvalue weighted by Crippen LogP contribution is 2.14. The molecule has 1 aromatic rings. The van der Waals surface area contributed by atoms with Crippen LogP contribution in [0, 0.1) is 0 Å². The zero-order valence-electron chi connectivity index (χ0n) is 12.2. The number of nitrogens with one attached hydrogen (secondary N) is 1. The first-order valence-electron chi connectivity index (χ1n) is 7.31. The van der Waals surface area contributed by atoms with Crippen LogP contribution in [-0.4, -0.2) is 41.7 Å². The highest BCUT2D eigenvalue weighted by Gasteiger charge is 2.26. The van der Waals surface area contributed by atoms with E-state index in [2.05, 4.69) is 22.6 Å². The number of aryl methyl sites for hydroxylation is 1. The van der Waals surface area contributed by atoms with Crippen LogP contribution in [-0.2, 0) is 17.7 Å². The van der Waals surface area contributed by atoms with Gasteiger partial charge in [-0.25, -0.2) is 9.78 Å². The number of ether oxygens (including phenoxy) is 1.